The molecule has 0 radical (unpaired) electrons. The number of methoxy groups -OCH3 is 1. The fourth-order valence-corrected chi connectivity index (χ4v) is 2.23. The number of ether oxygens (including phenoxy) is 4. The van der Waals surface area contributed by atoms with Gasteiger partial charge in [0.05, 0.1) is 32.5 Å². The van der Waals surface area contributed by atoms with E-state index in [1.165, 1.54) is 7.11 Å². The Morgan fingerprint density at radius 3 is 2.04 bits per heavy atom. The van der Waals surface area contributed by atoms with Gasteiger partial charge >= 0.3 is 5.97 Å². The summed E-state index contributed by atoms with van der Waals surface area (Å²) in [6.45, 7) is 3.76. The quantitative estimate of drug-likeness (QED) is 0.479. The van der Waals surface area contributed by atoms with E-state index in [1.807, 2.05) is 31.2 Å². The van der Waals surface area contributed by atoms with Crippen molar-refractivity contribution in [3.63, 3.8) is 0 Å². The topological polar surface area (TPSA) is 54.0 Å². The molecule has 0 N–H and O–H groups in total. The Labute approximate surface area is 148 Å². The fourth-order valence-electron chi connectivity index (χ4n) is 2.23. The minimum Gasteiger partial charge on any atom is -0.494 e. The highest BCUT2D eigenvalue weighted by Crippen LogP contribution is 2.26. The molecule has 0 saturated carbocycles. The number of esters is 1. The maximum atomic E-state index is 11.4. The smallest absolute Gasteiger partial charge is 0.337 e. The van der Waals surface area contributed by atoms with E-state index in [-0.39, 0.29) is 5.97 Å². The van der Waals surface area contributed by atoms with Gasteiger partial charge < -0.3 is 18.9 Å². The fraction of sp³-hybridized carbons (Fsp3) is 0.350. The SMILES string of the molecule is CCOc1ccccc1OCCCCOc1ccc(C(=O)OC)cc1. The molecular weight excluding hydrogens is 320 g/mol. The molecule has 0 atom stereocenters. The van der Waals surface area contributed by atoms with Crippen molar-refractivity contribution >= 4 is 5.97 Å². The predicted octanol–water partition coefficient (Wildman–Crippen LogP) is 4.11. The summed E-state index contributed by atoms with van der Waals surface area (Å²) in [6.07, 6.45) is 1.75. The van der Waals surface area contributed by atoms with Crippen LogP contribution in [-0.4, -0.2) is 32.9 Å². The van der Waals surface area contributed by atoms with Gasteiger partial charge in [0.1, 0.15) is 5.75 Å². The highest BCUT2D eigenvalue weighted by Gasteiger charge is 2.05. The number of benzene rings is 2. The molecule has 2 rings (SSSR count). The van der Waals surface area contributed by atoms with Gasteiger partial charge in [-0.25, -0.2) is 4.79 Å². The molecule has 0 spiro atoms. The monoisotopic (exact) mass is 344 g/mol. The van der Waals surface area contributed by atoms with Crippen molar-refractivity contribution in [1.29, 1.82) is 0 Å². The van der Waals surface area contributed by atoms with Gasteiger partial charge in [0, 0.05) is 0 Å². The van der Waals surface area contributed by atoms with Crippen LogP contribution in [0.15, 0.2) is 48.5 Å². The van der Waals surface area contributed by atoms with Gasteiger partial charge in [-0.15, -0.1) is 0 Å². The largest absolute Gasteiger partial charge is 0.494 e. The Hall–Kier alpha value is -2.69. The first-order chi connectivity index (χ1) is 12.2. The van der Waals surface area contributed by atoms with Crippen molar-refractivity contribution in [2.24, 2.45) is 0 Å². The summed E-state index contributed by atoms with van der Waals surface area (Å²) in [5.74, 6) is 1.92. The van der Waals surface area contributed by atoms with Crippen molar-refractivity contribution in [2.45, 2.75) is 19.8 Å². The molecule has 134 valence electrons. The van der Waals surface area contributed by atoms with Crippen molar-refractivity contribution in [3.05, 3.63) is 54.1 Å². The van der Waals surface area contributed by atoms with E-state index < -0.39 is 0 Å². The zero-order valence-electron chi connectivity index (χ0n) is 14.7. The lowest BCUT2D eigenvalue weighted by atomic mass is 10.2. The number of hydrogen-bond donors (Lipinski definition) is 0. The van der Waals surface area contributed by atoms with Crippen LogP contribution in [0.3, 0.4) is 0 Å². The maximum Gasteiger partial charge on any atom is 0.337 e. The zero-order chi connectivity index (χ0) is 17.9. The van der Waals surface area contributed by atoms with Crippen molar-refractivity contribution in [1.82, 2.24) is 0 Å². The van der Waals surface area contributed by atoms with Crippen LogP contribution in [0.2, 0.25) is 0 Å². The second kappa shape index (κ2) is 10.2. The van der Waals surface area contributed by atoms with Crippen molar-refractivity contribution in [3.8, 4) is 17.2 Å². The molecule has 25 heavy (non-hydrogen) atoms. The summed E-state index contributed by atoms with van der Waals surface area (Å²) in [4.78, 5) is 11.4. The number of para-hydroxylation sites is 2. The van der Waals surface area contributed by atoms with Crippen LogP contribution in [-0.2, 0) is 4.74 Å². The average Bonchev–Trinajstić information content (AvgIpc) is 2.66. The molecule has 2 aromatic carbocycles. The number of unbranched alkanes of at least 4 members (excludes halogenated alkanes) is 1. The summed E-state index contributed by atoms with van der Waals surface area (Å²) in [6, 6.07) is 14.6. The van der Waals surface area contributed by atoms with E-state index in [4.69, 9.17) is 14.2 Å². The predicted molar refractivity (Wildman–Crippen MR) is 95.6 cm³/mol. The van der Waals surface area contributed by atoms with E-state index in [1.54, 1.807) is 24.3 Å². The molecule has 0 aliphatic rings. The van der Waals surface area contributed by atoms with Gasteiger partial charge in [0.15, 0.2) is 11.5 Å². The Morgan fingerprint density at radius 2 is 1.44 bits per heavy atom. The summed E-state index contributed by atoms with van der Waals surface area (Å²) in [5, 5.41) is 0. The summed E-state index contributed by atoms with van der Waals surface area (Å²) in [5.41, 5.74) is 0.510. The zero-order valence-corrected chi connectivity index (χ0v) is 14.7. The molecule has 2 aromatic rings. The highest BCUT2D eigenvalue weighted by molar-refractivity contribution is 5.89. The molecule has 0 aliphatic heterocycles. The molecular formula is C20H24O5. The Morgan fingerprint density at radius 1 is 0.840 bits per heavy atom. The molecule has 0 heterocycles. The van der Waals surface area contributed by atoms with E-state index in [0.717, 1.165) is 30.1 Å². The van der Waals surface area contributed by atoms with E-state index >= 15 is 0 Å². The minimum absolute atomic E-state index is 0.351. The van der Waals surface area contributed by atoms with Crippen LogP contribution in [0.4, 0.5) is 0 Å². The van der Waals surface area contributed by atoms with Crippen LogP contribution < -0.4 is 14.2 Å². The van der Waals surface area contributed by atoms with Gasteiger partial charge in [-0.1, -0.05) is 12.1 Å². The van der Waals surface area contributed by atoms with Crippen LogP contribution in [0.25, 0.3) is 0 Å². The Balaban J connectivity index is 1.66. The molecule has 5 nitrogen and oxygen atoms in total. The molecule has 5 heteroatoms. The summed E-state index contributed by atoms with van der Waals surface area (Å²) < 4.78 is 21.6. The third-order valence-electron chi connectivity index (χ3n) is 3.49. The lowest BCUT2D eigenvalue weighted by Crippen LogP contribution is -2.04. The van der Waals surface area contributed by atoms with Crippen molar-refractivity contribution < 1.29 is 23.7 Å². The second-order valence-electron chi connectivity index (χ2n) is 5.30. The lowest BCUT2D eigenvalue weighted by molar-refractivity contribution is 0.0600. The van der Waals surface area contributed by atoms with Gasteiger partial charge in [-0.2, -0.15) is 0 Å². The summed E-state index contributed by atoms with van der Waals surface area (Å²) >= 11 is 0. The molecule has 0 saturated heterocycles. The van der Waals surface area contributed by atoms with Crippen LogP contribution >= 0.6 is 0 Å². The lowest BCUT2D eigenvalue weighted by Gasteiger charge is -2.11. The highest BCUT2D eigenvalue weighted by atomic mass is 16.5. The molecule has 0 unspecified atom stereocenters. The minimum atomic E-state index is -0.351. The van der Waals surface area contributed by atoms with Crippen LogP contribution in [0.5, 0.6) is 17.2 Å². The number of hydrogen-bond acceptors (Lipinski definition) is 5. The van der Waals surface area contributed by atoms with Gasteiger partial charge in [-0.05, 0) is 56.2 Å². The molecule has 0 aliphatic carbocycles. The number of carbonyl (C=O) groups excluding carboxylic acids is 1. The van der Waals surface area contributed by atoms with E-state index in [0.29, 0.717) is 25.4 Å². The number of carbonyl (C=O) groups is 1. The van der Waals surface area contributed by atoms with Gasteiger partial charge in [-0.3, -0.25) is 0 Å². The first-order valence-corrected chi connectivity index (χ1v) is 8.40. The van der Waals surface area contributed by atoms with E-state index in [2.05, 4.69) is 4.74 Å². The second-order valence-corrected chi connectivity index (χ2v) is 5.30. The van der Waals surface area contributed by atoms with Crippen molar-refractivity contribution in [2.75, 3.05) is 26.9 Å². The Kier molecular flexibility index (Phi) is 7.63. The summed E-state index contributed by atoms with van der Waals surface area (Å²) in [7, 11) is 1.36. The molecule has 0 aromatic heterocycles. The van der Waals surface area contributed by atoms with Gasteiger partial charge in [0.25, 0.3) is 0 Å². The van der Waals surface area contributed by atoms with Crippen LogP contribution in [0, 0.1) is 0 Å². The first kappa shape index (κ1) is 18.6. The van der Waals surface area contributed by atoms with E-state index in [9.17, 15) is 4.79 Å². The normalized spacial score (nSPS) is 10.2. The molecule has 0 bridgehead atoms. The first-order valence-electron chi connectivity index (χ1n) is 8.40. The van der Waals surface area contributed by atoms with Crippen LogP contribution in [0.1, 0.15) is 30.1 Å². The number of rotatable bonds is 10. The average molecular weight is 344 g/mol. The Bertz CT molecular complexity index is 651. The van der Waals surface area contributed by atoms with Gasteiger partial charge in [0.2, 0.25) is 0 Å². The maximum absolute atomic E-state index is 11.4. The standard InChI is InChI=1S/C20H24O5/c1-3-23-18-8-4-5-9-19(18)25-15-7-6-14-24-17-12-10-16(11-13-17)20(21)22-2/h4-5,8-13H,3,6-7,14-15H2,1-2H3. The molecule has 0 amide bonds. The third kappa shape index (κ3) is 6.03. The molecule has 0 fully saturated rings. The third-order valence-corrected chi connectivity index (χ3v) is 3.49.